The van der Waals surface area contributed by atoms with E-state index >= 15 is 0 Å². The molecule has 0 unspecified atom stereocenters. The van der Waals surface area contributed by atoms with Crippen LogP contribution in [0.3, 0.4) is 0 Å². The van der Waals surface area contributed by atoms with Crippen molar-refractivity contribution in [1.82, 2.24) is 15.3 Å². The maximum absolute atomic E-state index is 11.8. The molecule has 0 spiro atoms. The molecule has 0 aliphatic carbocycles. The number of thiophene rings is 1. The molecule has 1 fully saturated rings. The third-order valence-corrected chi connectivity index (χ3v) is 4.73. The monoisotopic (exact) mass is 346 g/mol. The van der Waals surface area contributed by atoms with Crippen LogP contribution in [0.5, 0.6) is 5.88 Å². The van der Waals surface area contributed by atoms with Gasteiger partial charge in [-0.3, -0.25) is 4.79 Å². The van der Waals surface area contributed by atoms with Gasteiger partial charge in [0.05, 0.1) is 11.4 Å². The number of rotatable bonds is 6. The second kappa shape index (κ2) is 8.10. The van der Waals surface area contributed by atoms with E-state index in [9.17, 15) is 4.79 Å². The molecule has 0 aromatic carbocycles. The van der Waals surface area contributed by atoms with E-state index in [1.54, 1.807) is 6.07 Å². The number of anilines is 1. The zero-order valence-corrected chi connectivity index (χ0v) is 14.6. The molecular weight excluding hydrogens is 324 g/mol. The van der Waals surface area contributed by atoms with Crippen LogP contribution in [0.4, 0.5) is 5.82 Å². The second-order valence-corrected chi connectivity index (χ2v) is 6.69. The number of piperidine rings is 1. The van der Waals surface area contributed by atoms with Crippen LogP contribution in [0.2, 0.25) is 0 Å². The SMILES string of the molecule is Cc1nc(OCCNC(=O)c2cccs2)cc(N2CCCCC2)n1. The fraction of sp³-hybridized carbons (Fsp3) is 0.471. The van der Waals surface area contributed by atoms with Gasteiger partial charge in [-0.25, -0.2) is 4.98 Å². The number of nitrogens with one attached hydrogen (secondary N) is 1. The summed E-state index contributed by atoms with van der Waals surface area (Å²) in [5.41, 5.74) is 0. The highest BCUT2D eigenvalue weighted by Crippen LogP contribution is 2.21. The molecule has 0 radical (unpaired) electrons. The first-order chi connectivity index (χ1) is 11.7. The van der Waals surface area contributed by atoms with Crippen molar-refractivity contribution in [1.29, 1.82) is 0 Å². The first-order valence-electron chi connectivity index (χ1n) is 8.27. The Balaban J connectivity index is 1.51. The van der Waals surface area contributed by atoms with Crippen molar-refractivity contribution >= 4 is 23.1 Å². The Morgan fingerprint density at radius 1 is 1.33 bits per heavy atom. The molecule has 2 aromatic heterocycles. The van der Waals surface area contributed by atoms with Crippen LogP contribution in [-0.4, -0.2) is 42.1 Å². The Labute approximate surface area is 145 Å². The summed E-state index contributed by atoms with van der Waals surface area (Å²) < 4.78 is 5.70. The lowest BCUT2D eigenvalue weighted by molar-refractivity contribution is 0.0950. The highest BCUT2D eigenvalue weighted by molar-refractivity contribution is 7.12. The smallest absolute Gasteiger partial charge is 0.261 e. The van der Waals surface area contributed by atoms with E-state index in [-0.39, 0.29) is 5.91 Å². The lowest BCUT2D eigenvalue weighted by Crippen LogP contribution is -2.30. The average Bonchev–Trinajstić information content (AvgIpc) is 3.14. The molecule has 6 nitrogen and oxygen atoms in total. The number of nitrogens with zero attached hydrogens (tertiary/aromatic N) is 3. The number of carbonyl (C=O) groups is 1. The minimum Gasteiger partial charge on any atom is -0.476 e. The zero-order valence-electron chi connectivity index (χ0n) is 13.8. The molecule has 3 heterocycles. The third-order valence-electron chi connectivity index (χ3n) is 3.86. The quantitative estimate of drug-likeness (QED) is 0.815. The summed E-state index contributed by atoms with van der Waals surface area (Å²) in [4.78, 5) is 23.7. The van der Waals surface area contributed by atoms with Crippen LogP contribution >= 0.6 is 11.3 Å². The summed E-state index contributed by atoms with van der Waals surface area (Å²) >= 11 is 1.43. The van der Waals surface area contributed by atoms with E-state index in [0.717, 1.165) is 18.9 Å². The maximum Gasteiger partial charge on any atom is 0.261 e. The molecule has 0 saturated carbocycles. The van der Waals surface area contributed by atoms with Gasteiger partial charge in [-0.15, -0.1) is 11.3 Å². The highest BCUT2D eigenvalue weighted by Gasteiger charge is 2.14. The third kappa shape index (κ3) is 4.44. The molecule has 128 valence electrons. The van der Waals surface area contributed by atoms with Gasteiger partial charge in [0.2, 0.25) is 5.88 Å². The molecule has 1 N–H and O–H groups in total. The van der Waals surface area contributed by atoms with Crippen LogP contribution in [0, 0.1) is 6.92 Å². The fourth-order valence-electron chi connectivity index (χ4n) is 2.70. The van der Waals surface area contributed by atoms with Gasteiger partial charge in [-0.2, -0.15) is 4.98 Å². The van der Waals surface area contributed by atoms with E-state index < -0.39 is 0 Å². The molecule has 24 heavy (non-hydrogen) atoms. The molecular formula is C17H22N4O2S. The van der Waals surface area contributed by atoms with Gasteiger partial charge in [0, 0.05) is 19.2 Å². The van der Waals surface area contributed by atoms with Crippen LogP contribution in [-0.2, 0) is 0 Å². The fourth-order valence-corrected chi connectivity index (χ4v) is 3.34. The number of ether oxygens (including phenoxy) is 1. The van der Waals surface area contributed by atoms with Crippen LogP contribution < -0.4 is 15.0 Å². The van der Waals surface area contributed by atoms with Gasteiger partial charge in [0.25, 0.3) is 5.91 Å². The van der Waals surface area contributed by atoms with Gasteiger partial charge in [-0.1, -0.05) is 6.07 Å². The van der Waals surface area contributed by atoms with Crippen molar-refractivity contribution in [3.05, 3.63) is 34.3 Å². The minimum absolute atomic E-state index is 0.0681. The lowest BCUT2D eigenvalue weighted by atomic mass is 10.1. The standard InChI is InChI=1S/C17H22N4O2S/c1-13-19-15(21-8-3-2-4-9-21)12-16(20-13)23-10-7-18-17(22)14-6-5-11-24-14/h5-6,11-12H,2-4,7-10H2,1H3,(H,18,22). The van der Waals surface area contributed by atoms with Gasteiger partial charge < -0.3 is 15.0 Å². The number of carbonyl (C=O) groups excluding carboxylic acids is 1. The predicted octanol–water partition coefficient (Wildman–Crippen LogP) is 2.65. The summed E-state index contributed by atoms with van der Waals surface area (Å²) in [6.45, 7) is 4.77. The van der Waals surface area contributed by atoms with Crippen molar-refractivity contribution in [3.8, 4) is 5.88 Å². The van der Waals surface area contributed by atoms with Crippen LogP contribution in [0.15, 0.2) is 23.6 Å². The van der Waals surface area contributed by atoms with Crippen LogP contribution in [0.1, 0.15) is 34.8 Å². The van der Waals surface area contributed by atoms with Crippen molar-refractivity contribution in [2.24, 2.45) is 0 Å². The molecule has 1 aliphatic rings. The van der Waals surface area contributed by atoms with E-state index in [1.807, 2.05) is 24.4 Å². The first kappa shape index (κ1) is 16.7. The Morgan fingerprint density at radius 3 is 2.92 bits per heavy atom. The van der Waals surface area contributed by atoms with Gasteiger partial charge in [0.1, 0.15) is 18.2 Å². The molecule has 1 aliphatic heterocycles. The number of aromatic nitrogens is 2. The largest absolute Gasteiger partial charge is 0.476 e. The summed E-state index contributed by atoms with van der Waals surface area (Å²) in [6.07, 6.45) is 3.69. The van der Waals surface area contributed by atoms with E-state index in [2.05, 4.69) is 20.2 Å². The summed E-state index contributed by atoms with van der Waals surface area (Å²) in [5.74, 6) is 2.13. The Bertz CT molecular complexity index is 669. The van der Waals surface area contributed by atoms with Crippen molar-refractivity contribution in [3.63, 3.8) is 0 Å². The molecule has 0 atom stereocenters. The summed E-state index contributed by atoms with van der Waals surface area (Å²) in [7, 11) is 0. The molecule has 1 saturated heterocycles. The molecule has 3 rings (SSSR count). The van der Waals surface area contributed by atoms with Gasteiger partial charge >= 0.3 is 0 Å². The minimum atomic E-state index is -0.0681. The predicted molar refractivity (Wildman–Crippen MR) is 95.0 cm³/mol. The Kier molecular flexibility index (Phi) is 5.63. The summed E-state index contributed by atoms with van der Waals surface area (Å²) in [6, 6.07) is 5.56. The Hall–Kier alpha value is -2.15. The second-order valence-electron chi connectivity index (χ2n) is 5.74. The average molecular weight is 346 g/mol. The van der Waals surface area contributed by atoms with Gasteiger partial charge in [0.15, 0.2) is 0 Å². The van der Waals surface area contributed by atoms with Crippen molar-refractivity contribution in [2.75, 3.05) is 31.1 Å². The lowest BCUT2D eigenvalue weighted by Gasteiger charge is -2.28. The Morgan fingerprint density at radius 2 is 2.17 bits per heavy atom. The van der Waals surface area contributed by atoms with E-state index in [0.29, 0.717) is 29.7 Å². The maximum atomic E-state index is 11.8. The molecule has 2 aromatic rings. The van der Waals surface area contributed by atoms with Crippen molar-refractivity contribution in [2.45, 2.75) is 26.2 Å². The number of hydrogen-bond acceptors (Lipinski definition) is 6. The van der Waals surface area contributed by atoms with Crippen molar-refractivity contribution < 1.29 is 9.53 Å². The zero-order chi connectivity index (χ0) is 16.8. The van der Waals surface area contributed by atoms with Gasteiger partial charge in [-0.05, 0) is 37.6 Å². The normalized spacial score (nSPS) is 14.5. The molecule has 1 amide bonds. The number of aryl methyl sites for hydroxylation is 1. The highest BCUT2D eigenvalue weighted by atomic mass is 32.1. The van der Waals surface area contributed by atoms with E-state index in [4.69, 9.17) is 4.74 Å². The van der Waals surface area contributed by atoms with E-state index in [1.165, 1.54) is 30.6 Å². The molecule has 0 bridgehead atoms. The first-order valence-corrected chi connectivity index (χ1v) is 9.15. The summed E-state index contributed by atoms with van der Waals surface area (Å²) in [5, 5.41) is 4.73. The molecule has 7 heteroatoms. The van der Waals surface area contributed by atoms with Crippen LogP contribution in [0.25, 0.3) is 0 Å². The topological polar surface area (TPSA) is 67.3 Å². The number of amides is 1. The number of hydrogen-bond donors (Lipinski definition) is 1.